The second-order valence-electron chi connectivity index (χ2n) is 5.06. The molecular formula is C15H16F2N2O4S. The van der Waals surface area contributed by atoms with Crippen LogP contribution in [0.4, 0.5) is 8.78 Å². The van der Waals surface area contributed by atoms with Crippen LogP contribution in [0.3, 0.4) is 0 Å². The summed E-state index contributed by atoms with van der Waals surface area (Å²) in [5.41, 5.74) is -0.0501. The number of furan rings is 1. The van der Waals surface area contributed by atoms with E-state index in [4.69, 9.17) is 4.42 Å². The van der Waals surface area contributed by atoms with Crippen LogP contribution in [-0.4, -0.2) is 38.0 Å². The highest BCUT2D eigenvalue weighted by atomic mass is 32.2. The summed E-state index contributed by atoms with van der Waals surface area (Å²) in [5, 5.41) is 2.46. The highest BCUT2D eigenvalue weighted by molar-refractivity contribution is 7.88. The minimum Gasteiger partial charge on any atom is -0.468 e. The van der Waals surface area contributed by atoms with Crippen LogP contribution in [0.15, 0.2) is 41.0 Å². The lowest BCUT2D eigenvalue weighted by Crippen LogP contribution is -2.37. The Morgan fingerprint density at radius 2 is 2.00 bits per heavy atom. The van der Waals surface area contributed by atoms with Gasteiger partial charge >= 0.3 is 0 Å². The van der Waals surface area contributed by atoms with Crippen molar-refractivity contribution in [2.45, 2.75) is 6.54 Å². The molecule has 24 heavy (non-hydrogen) atoms. The molecule has 1 amide bonds. The number of halogens is 2. The van der Waals surface area contributed by atoms with Crippen molar-refractivity contribution < 1.29 is 26.4 Å². The number of hydrogen-bond acceptors (Lipinski definition) is 4. The summed E-state index contributed by atoms with van der Waals surface area (Å²) < 4.78 is 55.7. The summed E-state index contributed by atoms with van der Waals surface area (Å²) in [4.78, 5) is 11.9. The lowest BCUT2D eigenvalue weighted by molar-refractivity contribution is 0.0950. The van der Waals surface area contributed by atoms with Crippen LogP contribution in [0, 0.1) is 11.6 Å². The van der Waals surface area contributed by atoms with Crippen molar-refractivity contribution in [1.29, 1.82) is 0 Å². The molecule has 9 heteroatoms. The first-order valence-electron chi connectivity index (χ1n) is 6.98. The number of carbonyl (C=O) groups excluding carboxylic acids is 1. The zero-order chi connectivity index (χ0) is 17.7. The van der Waals surface area contributed by atoms with Crippen LogP contribution in [0.25, 0.3) is 0 Å². The molecule has 2 rings (SSSR count). The molecule has 130 valence electrons. The number of nitrogens with one attached hydrogen (secondary N) is 1. The molecule has 0 aliphatic rings. The Bertz CT molecular complexity index is 807. The minimum atomic E-state index is -3.50. The van der Waals surface area contributed by atoms with Gasteiger partial charge in [0.25, 0.3) is 5.91 Å². The average Bonchev–Trinajstić information content (AvgIpc) is 3.01. The third-order valence-corrected chi connectivity index (χ3v) is 4.46. The number of rotatable bonds is 7. The molecule has 2 aromatic rings. The fraction of sp³-hybridized carbons (Fsp3) is 0.267. The van der Waals surface area contributed by atoms with E-state index in [0.29, 0.717) is 5.76 Å². The summed E-state index contributed by atoms with van der Waals surface area (Å²) in [6.45, 7) is 0.0490. The highest BCUT2D eigenvalue weighted by Crippen LogP contribution is 2.10. The van der Waals surface area contributed by atoms with Gasteiger partial charge in [0.1, 0.15) is 5.76 Å². The molecule has 1 heterocycles. The first-order valence-corrected chi connectivity index (χ1v) is 8.83. The van der Waals surface area contributed by atoms with Gasteiger partial charge in [0.05, 0.1) is 19.1 Å². The molecule has 0 spiro atoms. The van der Waals surface area contributed by atoms with Gasteiger partial charge < -0.3 is 9.73 Å². The van der Waals surface area contributed by atoms with E-state index in [1.807, 2.05) is 0 Å². The number of benzene rings is 1. The molecule has 0 aliphatic carbocycles. The summed E-state index contributed by atoms with van der Waals surface area (Å²) in [7, 11) is -3.50. The number of carbonyl (C=O) groups is 1. The molecule has 1 aromatic carbocycles. The van der Waals surface area contributed by atoms with Gasteiger partial charge in [-0.2, -0.15) is 4.31 Å². The lowest BCUT2D eigenvalue weighted by Gasteiger charge is -2.19. The van der Waals surface area contributed by atoms with Crippen molar-refractivity contribution in [3.63, 3.8) is 0 Å². The Morgan fingerprint density at radius 3 is 2.58 bits per heavy atom. The van der Waals surface area contributed by atoms with Crippen molar-refractivity contribution >= 4 is 15.9 Å². The predicted octanol–water partition coefficient (Wildman–Crippen LogP) is 1.75. The lowest BCUT2D eigenvalue weighted by atomic mass is 10.2. The van der Waals surface area contributed by atoms with E-state index in [1.54, 1.807) is 12.1 Å². The maximum atomic E-state index is 13.1. The van der Waals surface area contributed by atoms with Gasteiger partial charge in [0, 0.05) is 18.7 Å². The fourth-order valence-corrected chi connectivity index (χ4v) is 2.76. The monoisotopic (exact) mass is 358 g/mol. The Morgan fingerprint density at radius 1 is 1.25 bits per heavy atom. The summed E-state index contributed by atoms with van der Waals surface area (Å²) >= 11 is 0. The molecule has 0 unspecified atom stereocenters. The summed E-state index contributed by atoms with van der Waals surface area (Å²) in [6.07, 6.45) is 2.48. The maximum Gasteiger partial charge on any atom is 0.251 e. The number of nitrogens with zero attached hydrogens (tertiary/aromatic N) is 1. The molecule has 0 saturated carbocycles. The topological polar surface area (TPSA) is 79.6 Å². The Hall–Kier alpha value is -2.26. The van der Waals surface area contributed by atoms with Crippen molar-refractivity contribution in [3.8, 4) is 0 Å². The molecule has 0 saturated heterocycles. The van der Waals surface area contributed by atoms with E-state index in [1.165, 1.54) is 6.26 Å². The second-order valence-corrected chi connectivity index (χ2v) is 7.04. The molecule has 6 nitrogen and oxygen atoms in total. The quantitative estimate of drug-likeness (QED) is 0.818. The van der Waals surface area contributed by atoms with Gasteiger partial charge in [-0.15, -0.1) is 0 Å². The normalized spacial score (nSPS) is 11.7. The third kappa shape index (κ3) is 4.87. The maximum absolute atomic E-state index is 13.1. The minimum absolute atomic E-state index is 0.00556. The molecule has 0 atom stereocenters. The van der Waals surface area contributed by atoms with Crippen molar-refractivity contribution in [2.75, 3.05) is 19.3 Å². The van der Waals surface area contributed by atoms with Crippen molar-refractivity contribution in [3.05, 3.63) is 59.6 Å². The summed E-state index contributed by atoms with van der Waals surface area (Å²) in [5.74, 6) is -2.33. The number of hydrogen-bond donors (Lipinski definition) is 1. The SMILES string of the molecule is CS(=O)(=O)N(CCNC(=O)c1ccc(F)c(F)c1)Cc1ccco1. The third-order valence-electron chi connectivity index (χ3n) is 3.21. The van der Waals surface area contributed by atoms with Gasteiger partial charge in [0.2, 0.25) is 10.0 Å². The molecule has 1 N–H and O–H groups in total. The summed E-state index contributed by atoms with van der Waals surface area (Å²) in [6, 6.07) is 6.05. The van der Waals surface area contributed by atoms with E-state index < -0.39 is 27.6 Å². The smallest absolute Gasteiger partial charge is 0.251 e. The molecule has 0 aliphatic heterocycles. The fourth-order valence-electron chi connectivity index (χ4n) is 1.97. The molecular weight excluding hydrogens is 342 g/mol. The van der Waals surface area contributed by atoms with Crippen molar-refractivity contribution in [2.24, 2.45) is 0 Å². The first kappa shape index (κ1) is 18.1. The number of sulfonamides is 1. The molecule has 0 fully saturated rings. The van der Waals surface area contributed by atoms with Crippen LogP contribution in [-0.2, 0) is 16.6 Å². The molecule has 0 bridgehead atoms. The number of amides is 1. The second kappa shape index (κ2) is 7.54. The van der Waals surface area contributed by atoms with Gasteiger partial charge in [0.15, 0.2) is 11.6 Å². The van der Waals surface area contributed by atoms with E-state index in [-0.39, 0.29) is 25.2 Å². The predicted molar refractivity (Wildman–Crippen MR) is 82.7 cm³/mol. The van der Waals surface area contributed by atoms with Crippen LogP contribution in [0.5, 0.6) is 0 Å². The van der Waals surface area contributed by atoms with Crippen LogP contribution < -0.4 is 5.32 Å². The Labute approximate surface area is 138 Å². The largest absolute Gasteiger partial charge is 0.468 e. The zero-order valence-corrected chi connectivity index (χ0v) is 13.6. The van der Waals surface area contributed by atoms with Crippen LogP contribution >= 0.6 is 0 Å². The standard InChI is InChI=1S/C15H16F2N2O4S/c1-24(21,22)19(10-12-3-2-8-23-12)7-6-18-15(20)11-4-5-13(16)14(17)9-11/h2-5,8-9H,6-7,10H2,1H3,(H,18,20). The Balaban J connectivity index is 1.94. The van der Waals surface area contributed by atoms with E-state index in [2.05, 4.69) is 5.32 Å². The van der Waals surface area contributed by atoms with E-state index in [0.717, 1.165) is 28.8 Å². The van der Waals surface area contributed by atoms with Gasteiger partial charge in [-0.05, 0) is 30.3 Å². The average molecular weight is 358 g/mol. The van der Waals surface area contributed by atoms with E-state index in [9.17, 15) is 22.0 Å². The van der Waals surface area contributed by atoms with E-state index >= 15 is 0 Å². The highest BCUT2D eigenvalue weighted by Gasteiger charge is 2.18. The van der Waals surface area contributed by atoms with Gasteiger partial charge in [-0.3, -0.25) is 4.79 Å². The molecule has 1 aromatic heterocycles. The van der Waals surface area contributed by atoms with Crippen LogP contribution in [0.2, 0.25) is 0 Å². The zero-order valence-electron chi connectivity index (χ0n) is 12.8. The first-order chi connectivity index (χ1) is 11.3. The molecule has 0 radical (unpaired) electrons. The van der Waals surface area contributed by atoms with Gasteiger partial charge in [-0.1, -0.05) is 0 Å². The Kier molecular flexibility index (Phi) is 5.68. The van der Waals surface area contributed by atoms with Crippen LogP contribution in [0.1, 0.15) is 16.1 Å². The van der Waals surface area contributed by atoms with Crippen molar-refractivity contribution in [1.82, 2.24) is 9.62 Å². The van der Waals surface area contributed by atoms with Gasteiger partial charge in [-0.25, -0.2) is 17.2 Å².